The van der Waals surface area contributed by atoms with E-state index in [2.05, 4.69) is 46.5 Å². The van der Waals surface area contributed by atoms with Gasteiger partial charge in [-0.2, -0.15) is 0 Å². The number of anilines is 1. The normalized spacial score (nSPS) is 10.9. The molecule has 2 heterocycles. The van der Waals surface area contributed by atoms with E-state index >= 15 is 0 Å². The number of hydrogen-bond donors (Lipinski definition) is 2. The van der Waals surface area contributed by atoms with Crippen molar-refractivity contribution in [2.24, 2.45) is 0 Å². The highest BCUT2D eigenvalue weighted by molar-refractivity contribution is 7.99. The molecule has 2 aromatic heterocycles. The number of carbonyl (C=O) groups excluding carboxylic acids is 1. The van der Waals surface area contributed by atoms with Gasteiger partial charge >= 0.3 is 0 Å². The van der Waals surface area contributed by atoms with Crippen molar-refractivity contribution in [2.75, 3.05) is 11.1 Å². The Kier molecular flexibility index (Phi) is 6.08. The molecule has 2 N–H and O–H groups in total. The number of nitrogens with zero attached hydrogens (tertiary/aromatic N) is 3. The van der Waals surface area contributed by atoms with Crippen LogP contribution in [0.2, 0.25) is 0 Å². The van der Waals surface area contributed by atoms with E-state index in [1.807, 2.05) is 23.1 Å². The van der Waals surface area contributed by atoms with Gasteiger partial charge in [0, 0.05) is 18.1 Å². The van der Waals surface area contributed by atoms with Gasteiger partial charge in [-0.05, 0) is 19.4 Å². The van der Waals surface area contributed by atoms with E-state index in [1.165, 1.54) is 28.7 Å². The van der Waals surface area contributed by atoms with Gasteiger partial charge in [-0.1, -0.05) is 41.6 Å². The number of thiazole rings is 1. The molecule has 136 valence electrons. The first-order chi connectivity index (χ1) is 12.5. The topological polar surface area (TPSA) is 80.0 Å². The van der Waals surface area contributed by atoms with E-state index in [4.69, 9.17) is 0 Å². The zero-order valence-corrected chi connectivity index (χ0v) is 16.2. The van der Waals surface area contributed by atoms with Crippen LogP contribution < -0.4 is 5.32 Å². The largest absolute Gasteiger partial charge is 0.390 e. The third-order valence-electron chi connectivity index (χ3n) is 3.62. The van der Waals surface area contributed by atoms with Gasteiger partial charge in [0.2, 0.25) is 5.91 Å². The van der Waals surface area contributed by atoms with Crippen LogP contribution in [0.4, 0.5) is 5.13 Å². The van der Waals surface area contributed by atoms with E-state index in [-0.39, 0.29) is 18.3 Å². The first-order valence-electron chi connectivity index (χ1n) is 8.10. The number of benzene rings is 1. The Bertz CT molecular complexity index is 887. The zero-order chi connectivity index (χ0) is 18.5. The minimum absolute atomic E-state index is 0.125. The number of amides is 1. The van der Waals surface area contributed by atoms with Crippen molar-refractivity contribution in [2.45, 2.75) is 32.2 Å². The summed E-state index contributed by atoms with van der Waals surface area (Å²) in [5.74, 6) is 0.105. The summed E-state index contributed by atoms with van der Waals surface area (Å²) in [6.45, 7) is 4.45. The highest BCUT2D eigenvalue weighted by Gasteiger charge is 2.12. The van der Waals surface area contributed by atoms with Crippen molar-refractivity contribution in [3.05, 3.63) is 58.4 Å². The Morgan fingerprint density at radius 2 is 2.04 bits per heavy atom. The first kappa shape index (κ1) is 18.6. The Morgan fingerprint density at radius 3 is 2.69 bits per heavy atom. The number of thioether (sulfide) groups is 1. The van der Waals surface area contributed by atoms with Gasteiger partial charge in [0.15, 0.2) is 10.3 Å². The highest BCUT2D eigenvalue weighted by Crippen LogP contribution is 2.21. The molecule has 0 spiro atoms. The quantitative estimate of drug-likeness (QED) is 0.608. The molecular weight excluding hydrogens is 368 g/mol. The van der Waals surface area contributed by atoms with Gasteiger partial charge in [-0.3, -0.25) is 4.79 Å². The first-order valence-corrected chi connectivity index (χ1v) is 9.97. The maximum absolute atomic E-state index is 12.1. The number of nitrogens with one attached hydrogen (secondary N) is 1. The number of aliphatic hydroxyl groups excluding tert-OH is 1. The fourth-order valence-electron chi connectivity index (χ4n) is 2.34. The zero-order valence-electron chi connectivity index (χ0n) is 14.6. The Hall–Kier alpha value is -2.16. The lowest BCUT2D eigenvalue weighted by Crippen LogP contribution is -2.14. The molecule has 26 heavy (non-hydrogen) atoms. The molecule has 1 aromatic carbocycles. The number of aromatic nitrogens is 3. The van der Waals surface area contributed by atoms with Gasteiger partial charge < -0.3 is 15.0 Å². The van der Waals surface area contributed by atoms with Crippen LogP contribution in [0, 0.1) is 13.8 Å². The lowest BCUT2D eigenvalue weighted by atomic mass is 10.1. The fraction of sp³-hybridized carbons (Fsp3) is 0.278. The van der Waals surface area contributed by atoms with Crippen LogP contribution in [0.15, 0.2) is 41.0 Å². The molecule has 0 aliphatic heterocycles. The van der Waals surface area contributed by atoms with E-state index in [9.17, 15) is 9.90 Å². The number of aliphatic hydroxyl groups is 1. The van der Waals surface area contributed by atoms with Crippen LogP contribution in [0.3, 0.4) is 0 Å². The second kappa shape index (κ2) is 8.48. The van der Waals surface area contributed by atoms with Crippen molar-refractivity contribution >= 4 is 34.1 Å². The molecule has 6 nitrogen and oxygen atoms in total. The fourth-order valence-corrected chi connectivity index (χ4v) is 3.84. The molecule has 0 atom stereocenters. The molecule has 0 bridgehead atoms. The highest BCUT2D eigenvalue weighted by atomic mass is 32.2. The molecule has 3 rings (SSSR count). The number of rotatable bonds is 7. The molecule has 3 aromatic rings. The molecule has 0 fully saturated rings. The van der Waals surface area contributed by atoms with E-state index in [1.54, 1.807) is 0 Å². The minimum Gasteiger partial charge on any atom is -0.390 e. The standard InChI is InChI=1S/C18H20N4O2S2/c1-12-3-5-14(6-4-12)7-22-8-15(9-23)20-18(22)26-11-16(24)21-17-19-13(2)10-25-17/h3-6,8,10,23H,7,9,11H2,1-2H3,(H,19,21,24). The average molecular weight is 389 g/mol. The minimum atomic E-state index is -0.126. The third kappa shape index (κ3) is 4.94. The van der Waals surface area contributed by atoms with Crippen LogP contribution in [-0.4, -0.2) is 31.3 Å². The second-order valence-corrected chi connectivity index (χ2v) is 7.72. The molecule has 1 amide bonds. The summed E-state index contributed by atoms with van der Waals surface area (Å²) in [7, 11) is 0. The summed E-state index contributed by atoms with van der Waals surface area (Å²) in [6, 6.07) is 8.27. The van der Waals surface area contributed by atoms with Crippen LogP contribution in [-0.2, 0) is 17.9 Å². The van der Waals surface area contributed by atoms with Crippen LogP contribution >= 0.6 is 23.1 Å². The summed E-state index contributed by atoms with van der Waals surface area (Å²) in [6.07, 6.45) is 1.82. The smallest absolute Gasteiger partial charge is 0.236 e. The Labute approximate surface area is 160 Å². The van der Waals surface area contributed by atoms with Crippen molar-refractivity contribution in [3.63, 3.8) is 0 Å². The van der Waals surface area contributed by atoms with Crippen molar-refractivity contribution in [1.29, 1.82) is 0 Å². The number of aryl methyl sites for hydroxylation is 2. The number of carbonyl (C=O) groups is 1. The SMILES string of the molecule is Cc1ccc(Cn2cc(CO)nc2SCC(=O)Nc2nc(C)cs2)cc1. The van der Waals surface area contributed by atoms with Gasteiger partial charge in [-0.25, -0.2) is 9.97 Å². The summed E-state index contributed by atoms with van der Waals surface area (Å²) in [4.78, 5) is 20.8. The molecule has 0 unspecified atom stereocenters. The predicted octanol–water partition coefficient (Wildman–Crippen LogP) is 3.23. The van der Waals surface area contributed by atoms with E-state index < -0.39 is 0 Å². The molecule has 8 heteroatoms. The maximum Gasteiger partial charge on any atom is 0.236 e. The van der Waals surface area contributed by atoms with Gasteiger partial charge in [-0.15, -0.1) is 11.3 Å². The van der Waals surface area contributed by atoms with Crippen LogP contribution in [0.5, 0.6) is 0 Å². The lowest BCUT2D eigenvalue weighted by molar-refractivity contribution is -0.113. The van der Waals surface area contributed by atoms with Crippen molar-refractivity contribution < 1.29 is 9.90 Å². The third-order valence-corrected chi connectivity index (χ3v) is 5.49. The Balaban J connectivity index is 1.65. The molecule has 0 saturated heterocycles. The molecule has 0 aliphatic rings. The van der Waals surface area contributed by atoms with Crippen molar-refractivity contribution in [1.82, 2.24) is 14.5 Å². The maximum atomic E-state index is 12.1. The number of hydrogen-bond acceptors (Lipinski definition) is 6. The van der Waals surface area contributed by atoms with Crippen LogP contribution in [0.1, 0.15) is 22.5 Å². The van der Waals surface area contributed by atoms with Crippen LogP contribution in [0.25, 0.3) is 0 Å². The van der Waals surface area contributed by atoms with Crippen molar-refractivity contribution in [3.8, 4) is 0 Å². The Morgan fingerprint density at radius 1 is 1.27 bits per heavy atom. The van der Waals surface area contributed by atoms with Gasteiger partial charge in [0.1, 0.15) is 0 Å². The molecular formula is C18H20N4O2S2. The summed E-state index contributed by atoms with van der Waals surface area (Å²) in [5, 5.41) is 15.4. The molecule has 0 radical (unpaired) electrons. The molecule has 0 saturated carbocycles. The van der Waals surface area contributed by atoms with Gasteiger partial charge in [0.05, 0.1) is 23.7 Å². The lowest BCUT2D eigenvalue weighted by Gasteiger charge is -2.08. The summed E-state index contributed by atoms with van der Waals surface area (Å²) in [5.41, 5.74) is 3.83. The molecule has 0 aliphatic carbocycles. The van der Waals surface area contributed by atoms with E-state index in [0.717, 1.165) is 11.3 Å². The average Bonchev–Trinajstić information content (AvgIpc) is 3.21. The summed E-state index contributed by atoms with van der Waals surface area (Å²) >= 11 is 2.75. The monoisotopic (exact) mass is 388 g/mol. The van der Waals surface area contributed by atoms with Gasteiger partial charge in [0.25, 0.3) is 0 Å². The predicted molar refractivity (Wildman–Crippen MR) is 105 cm³/mol. The summed E-state index contributed by atoms with van der Waals surface area (Å²) < 4.78 is 1.96. The second-order valence-electron chi connectivity index (χ2n) is 5.92. The number of imidazole rings is 1. The van der Waals surface area contributed by atoms with E-state index in [0.29, 0.717) is 22.5 Å².